The van der Waals surface area contributed by atoms with Crippen molar-refractivity contribution in [3.05, 3.63) is 46.7 Å². The van der Waals surface area contributed by atoms with Crippen molar-refractivity contribution in [3.63, 3.8) is 0 Å². The van der Waals surface area contributed by atoms with Gasteiger partial charge < -0.3 is 15.5 Å². The Hall–Kier alpha value is -3.14. The molecule has 1 aliphatic heterocycles. The van der Waals surface area contributed by atoms with Crippen LogP contribution in [0.3, 0.4) is 0 Å². The van der Waals surface area contributed by atoms with E-state index in [1.54, 1.807) is 6.92 Å². The van der Waals surface area contributed by atoms with Crippen molar-refractivity contribution in [2.24, 2.45) is 0 Å². The van der Waals surface area contributed by atoms with Gasteiger partial charge in [-0.05, 0) is 31.6 Å². The summed E-state index contributed by atoms with van der Waals surface area (Å²) in [6, 6.07) is 4.33. The van der Waals surface area contributed by atoms with E-state index in [2.05, 4.69) is 5.32 Å². The second kappa shape index (κ2) is 8.91. The maximum absolute atomic E-state index is 12.7. The second-order valence-electron chi connectivity index (χ2n) is 6.40. The number of amides is 2. The Morgan fingerprint density at radius 3 is 2.17 bits per heavy atom. The molecule has 0 aliphatic carbocycles. The number of benzene rings is 1. The summed E-state index contributed by atoms with van der Waals surface area (Å²) in [7, 11) is 0. The van der Waals surface area contributed by atoms with E-state index in [4.69, 9.17) is 0 Å². The molecule has 10 heteroatoms. The molecule has 1 aromatic rings. The molecule has 0 saturated carbocycles. The standard InChI is InChI=1S/C19H20N2O7S/c1-4-12(22)29-17-13(16(24)21(17)14(9(2)3)19(27)28)20-15(23)10-7-5-6-8-11(10)18(25)26/h5-8,13,17H,4H2,1-3H3,(H,20,23)(H,25,26)(H,27,28). The molecule has 0 bridgehead atoms. The Morgan fingerprint density at radius 2 is 1.69 bits per heavy atom. The van der Waals surface area contributed by atoms with Gasteiger partial charge in [-0.3, -0.25) is 19.3 Å². The Labute approximate surface area is 170 Å². The highest BCUT2D eigenvalue weighted by molar-refractivity contribution is 8.14. The second-order valence-corrected chi connectivity index (χ2v) is 7.57. The number of likely N-dealkylation sites (tertiary alicyclic amines) is 1. The summed E-state index contributed by atoms with van der Waals surface area (Å²) in [6.45, 7) is 4.67. The molecule has 1 aliphatic rings. The number of aliphatic carboxylic acids is 1. The predicted octanol–water partition coefficient (Wildman–Crippen LogP) is 1.70. The third kappa shape index (κ3) is 4.48. The number of carboxylic acids is 2. The van der Waals surface area contributed by atoms with E-state index in [-0.39, 0.29) is 28.4 Å². The molecule has 3 N–H and O–H groups in total. The van der Waals surface area contributed by atoms with Crippen LogP contribution < -0.4 is 5.32 Å². The fourth-order valence-corrected chi connectivity index (χ4v) is 3.89. The van der Waals surface area contributed by atoms with Crippen molar-refractivity contribution in [1.82, 2.24) is 10.2 Å². The van der Waals surface area contributed by atoms with Gasteiger partial charge in [-0.25, -0.2) is 9.59 Å². The van der Waals surface area contributed by atoms with Crippen molar-refractivity contribution in [2.45, 2.75) is 38.6 Å². The van der Waals surface area contributed by atoms with Gasteiger partial charge >= 0.3 is 11.9 Å². The third-order valence-electron chi connectivity index (χ3n) is 4.19. The van der Waals surface area contributed by atoms with Crippen LogP contribution in [0.5, 0.6) is 0 Å². The minimum atomic E-state index is -1.33. The molecule has 0 spiro atoms. The van der Waals surface area contributed by atoms with Crippen LogP contribution in [0, 0.1) is 0 Å². The molecule has 2 amide bonds. The molecule has 2 unspecified atom stereocenters. The Kier molecular flexibility index (Phi) is 6.80. The lowest BCUT2D eigenvalue weighted by Crippen LogP contribution is -2.69. The SMILES string of the molecule is CCC(=O)SC1C(NC(=O)c2ccccc2C(=O)O)C(=O)N1C(C(=O)O)=C(C)C. The number of nitrogens with zero attached hydrogens (tertiary/aromatic N) is 1. The number of hydrogen-bond donors (Lipinski definition) is 3. The minimum Gasteiger partial charge on any atom is -0.478 e. The topological polar surface area (TPSA) is 141 Å². The maximum atomic E-state index is 12.7. The van der Waals surface area contributed by atoms with Crippen LogP contribution in [0.2, 0.25) is 0 Å². The zero-order valence-electron chi connectivity index (χ0n) is 16.0. The zero-order valence-corrected chi connectivity index (χ0v) is 16.8. The van der Waals surface area contributed by atoms with Crippen molar-refractivity contribution in [3.8, 4) is 0 Å². The number of allylic oxidation sites excluding steroid dienone is 1. The molecule has 1 heterocycles. The van der Waals surface area contributed by atoms with Crippen LogP contribution in [-0.2, 0) is 14.4 Å². The molecule has 9 nitrogen and oxygen atoms in total. The van der Waals surface area contributed by atoms with E-state index in [1.807, 2.05) is 0 Å². The van der Waals surface area contributed by atoms with Gasteiger partial charge in [0.1, 0.15) is 17.1 Å². The summed E-state index contributed by atoms with van der Waals surface area (Å²) >= 11 is 0.755. The molecule has 2 atom stereocenters. The number of thioether (sulfide) groups is 1. The molecule has 0 aromatic heterocycles. The zero-order chi connectivity index (χ0) is 21.9. The Balaban J connectivity index is 2.34. The fraction of sp³-hybridized carbons (Fsp3) is 0.316. The number of β-lactam (4-membered cyclic amide) rings is 1. The van der Waals surface area contributed by atoms with Crippen molar-refractivity contribution >= 4 is 40.6 Å². The van der Waals surface area contributed by atoms with Gasteiger partial charge in [0, 0.05) is 6.42 Å². The average Bonchev–Trinajstić information content (AvgIpc) is 2.67. The van der Waals surface area contributed by atoms with E-state index in [0.717, 1.165) is 16.7 Å². The van der Waals surface area contributed by atoms with Gasteiger partial charge in [0.05, 0.1) is 11.1 Å². The lowest BCUT2D eigenvalue weighted by atomic mass is 10.0. The summed E-state index contributed by atoms with van der Waals surface area (Å²) < 4.78 is 0. The molecule has 29 heavy (non-hydrogen) atoms. The summed E-state index contributed by atoms with van der Waals surface area (Å²) in [6.07, 6.45) is 0.156. The third-order valence-corrected chi connectivity index (χ3v) is 5.47. The highest BCUT2D eigenvalue weighted by atomic mass is 32.2. The molecule has 2 rings (SSSR count). The van der Waals surface area contributed by atoms with Crippen LogP contribution in [0.15, 0.2) is 35.5 Å². The van der Waals surface area contributed by atoms with Gasteiger partial charge in [-0.2, -0.15) is 0 Å². The number of hydrogen-bond acceptors (Lipinski definition) is 6. The Morgan fingerprint density at radius 1 is 1.10 bits per heavy atom. The summed E-state index contributed by atoms with van der Waals surface area (Å²) in [4.78, 5) is 61.1. The predicted molar refractivity (Wildman–Crippen MR) is 104 cm³/mol. The molecule has 1 aromatic carbocycles. The number of carbonyl (C=O) groups is 5. The number of nitrogens with one attached hydrogen (secondary N) is 1. The van der Waals surface area contributed by atoms with E-state index in [1.165, 1.54) is 38.1 Å². The molecule has 154 valence electrons. The van der Waals surface area contributed by atoms with Crippen LogP contribution in [-0.4, -0.2) is 55.4 Å². The maximum Gasteiger partial charge on any atom is 0.352 e. The largest absolute Gasteiger partial charge is 0.478 e. The first-order valence-electron chi connectivity index (χ1n) is 8.66. The number of rotatable bonds is 7. The van der Waals surface area contributed by atoms with Crippen LogP contribution in [0.1, 0.15) is 47.9 Å². The number of carboxylic acid groups (broad SMARTS) is 2. The van der Waals surface area contributed by atoms with Crippen molar-refractivity contribution in [1.29, 1.82) is 0 Å². The fourth-order valence-electron chi connectivity index (χ4n) is 2.82. The van der Waals surface area contributed by atoms with Gasteiger partial charge in [0.15, 0.2) is 5.12 Å². The first-order chi connectivity index (χ1) is 13.6. The normalized spacial score (nSPS) is 17.9. The van der Waals surface area contributed by atoms with E-state index < -0.39 is 35.2 Å². The van der Waals surface area contributed by atoms with E-state index >= 15 is 0 Å². The van der Waals surface area contributed by atoms with E-state index in [0.29, 0.717) is 5.57 Å². The molecule has 1 saturated heterocycles. The highest BCUT2D eigenvalue weighted by Crippen LogP contribution is 2.36. The first-order valence-corrected chi connectivity index (χ1v) is 9.54. The molecule has 1 fully saturated rings. The molecular formula is C19H20N2O7S. The summed E-state index contributed by atoms with van der Waals surface area (Å²) in [5.74, 6) is -4.12. The van der Waals surface area contributed by atoms with Crippen LogP contribution in [0.25, 0.3) is 0 Å². The van der Waals surface area contributed by atoms with Crippen molar-refractivity contribution in [2.75, 3.05) is 0 Å². The van der Waals surface area contributed by atoms with Crippen LogP contribution >= 0.6 is 11.8 Å². The van der Waals surface area contributed by atoms with Gasteiger partial charge in [-0.15, -0.1) is 0 Å². The first kappa shape index (κ1) is 22.2. The smallest absolute Gasteiger partial charge is 0.352 e. The number of aromatic carboxylic acids is 1. The van der Waals surface area contributed by atoms with Gasteiger partial charge in [0.2, 0.25) is 0 Å². The highest BCUT2D eigenvalue weighted by Gasteiger charge is 2.52. The summed E-state index contributed by atoms with van der Waals surface area (Å²) in [5, 5.41) is 19.9. The Bertz CT molecular complexity index is 921. The summed E-state index contributed by atoms with van der Waals surface area (Å²) in [5.41, 5.74) is -0.273. The van der Waals surface area contributed by atoms with Crippen molar-refractivity contribution < 1.29 is 34.2 Å². The van der Waals surface area contributed by atoms with Crippen LogP contribution in [0.4, 0.5) is 0 Å². The molecular weight excluding hydrogens is 400 g/mol. The molecule has 0 radical (unpaired) electrons. The van der Waals surface area contributed by atoms with E-state index in [9.17, 15) is 34.2 Å². The minimum absolute atomic E-state index is 0.141. The number of carbonyl (C=O) groups excluding carboxylic acids is 3. The van der Waals surface area contributed by atoms with Gasteiger partial charge in [0.25, 0.3) is 11.8 Å². The quantitative estimate of drug-likeness (QED) is 0.447. The lowest BCUT2D eigenvalue weighted by molar-refractivity contribution is -0.148. The average molecular weight is 420 g/mol. The van der Waals surface area contributed by atoms with Gasteiger partial charge in [-0.1, -0.05) is 30.8 Å². The lowest BCUT2D eigenvalue weighted by Gasteiger charge is -2.46. The monoisotopic (exact) mass is 420 g/mol.